The minimum absolute atomic E-state index is 0.0180. The second-order valence-corrected chi connectivity index (χ2v) is 12.7. The van der Waals surface area contributed by atoms with Gasteiger partial charge in [0.25, 0.3) is 5.17 Å². The van der Waals surface area contributed by atoms with Gasteiger partial charge in [-0.3, -0.25) is 14.4 Å². The van der Waals surface area contributed by atoms with E-state index in [0.717, 1.165) is 25.7 Å². The maximum Gasteiger partial charge on any atom is 0.372 e. The van der Waals surface area contributed by atoms with Crippen molar-refractivity contribution in [1.29, 1.82) is 0 Å². The molecule has 5 heterocycles. The number of oxime groups is 1. The Labute approximate surface area is 324 Å². The average Bonchev–Trinajstić information content (AvgIpc) is 4.03. The second kappa shape index (κ2) is 18.7. The van der Waals surface area contributed by atoms with Crippen LogP contribution in [0.3, 0.4) is 0 Å². The van der Waals surface area contributed by atoms with E-state index < -0.39 is 17.1 Å². The van der Waals surface area contributed by atoms with Crippen LogP contribution in [0.1, 0.15) is 106 Å². The zero-order chi connectivity index (χ0) is 40.4. The molecule has 0 atom stereocenters. The van der Waals surface area contributed by atoms with Crippen molar-refractivity contribution in [2.24, 2.45) is 11.1 Å². The number of esters is 2. The van der Waals surface area contributed by atoms with E-state index in [1.54, 1.807) is 58.3 Å². The van der Waals surface area contributed by atoms with Crippen molar-refractivity contribution >= 4 is 46.1 Å². The molecule has 0 amide bonds. The van der Waals surface area contributed by atoms with Crippen LogP contribution in [-0.4, -0.2) is 97.5 Å². The summed E-state index contributed by atoms with van der Waals surface area (Å²) in [6, 6.07) is 6.72. The maximum absolute atomic E-state index is 13.2. The molecule has 1 N–H and O–H groups in total. The zero-order valence-electron chi connectivity index (χ0n) is 30.8. The number of hydrogen-bond acceptors (Lipinski definition) is 17. The fraction of sp³-hybridized carbons (Fsp3) is 0.361. The van der Waals surface area contributed by atoms with E-state index in [-0.39, 0.29) is 60.1 Å². The first kappa shape index (κ1) is 40.7. The van der Waals surface area contributed by atoms with E-state index in [2.05, 4.69) is 45.2 Å². The fourth-order valence-corrected chi connectivity index (χ4v) is 5.25. The molecule has 19 nitrogen and oxygen atoms in total. The van der Waals surface area contributed by atoms with Crippen LogP contribution in [0, 0.1) is 19.8 Å². The molecule has 0 saturated heterocycles. The van der Waals surface area contributed by atoms with Gasteiger partial charge in [-0.05, 0) is 77.6 Å². The first-order valence-corrected chi connectivity index (χ1v) is 17.8. The minimum atomic E-state index is -0.818. The van der Waals surface area contributed by atoms with Crippen LogP contribution in [0.2, 0.25) is 0 Å². The Bertz CT molecular complexity index is 2230. The molecule has 2 aliphatic carbocycles. The van der Waals surface area contributed by atoms with Crippen molar-refractivity contribution in [2.45, 2.75) is 65.7 Å². The number of Topliss-reactive ketones (excluding diaryl/α,β-unsaturated/α-hetero) is 2. The molecule has 0 bridgehead atoms. The quantitative estimate of drug-likeness (QED) is 0.0435. The molecule has 5 aromatic rings. The fourth-order valence-electron chi connectivity index (χ4n) is 5.19. The molecule has 0 aromatic carbocycles. The average molecular weight is 789 g/mol. The van der Waals surface area contributed by atoms with Gasteiger partial charge in [-0.15, -0.1) is 0 Å². The van der Waals surface area contributed by atoms with Crippen LogP contribution in [0.5, 0.6) is 0 Å². The molecule has 2 aliphatic rings. The Morgan fingerprint density at radius 2 is 1.43 bits per heavy atom. The van der Waals surface area contributed by atoms with Gasteiger partial charge in [-0.25, -0.2) is 38.9 Å². The molecule has 0 unspecified atom stereocenters. The summed E-state index contributed by atoms with van der Waals surface area (Å²) in [6.45, 7) is 7.20. The van der Waals surface area contributed by atoms with E-state index in [9.17, 15) is 24.0 Å². The molecule has 5 aromatic heterocycles. The number of carbonyl (C=O) groups is 5. The first-order chi connectivity index (χ1) is 27.0. The highest BCUT2D eigenvalue weighted by atomic mass is 35.5. The smallest absolute Gasteiger partial charge is 0.372 e. The maximum atomic E-state index is 13.2. The lowest BCUT2D eigenvalue weighted by atomic mass is 9.98. The first-order valence-electron chi connectivity index (χ1n) is 17.4. The van der Waals surface area contributed by atoms with Gasteiger partial charge in [-0.2, -0.15) is 10.2 Å². The Hall–Kier alpha value is -6.50. The zero-order valence-corrected chi connectivity index (χ0v) is 31.5. The molecule has 2 fully saturated rings. The Kier molecular flexibility index (Phi) is 13.6. The number of pyridine rings is 2. The van der Waals surface area contributed by atoms with Gasteiger partial charge >= 0.3 is 11.9 Å². The van der Waals surface area contributed by atoms with E-state index in [1.165, 1.54) is 28.3 Å². The summed E-state index contributed by atoms with van der Waals surface area (Å²) in [4.78, 5) is 76.1. The van der Waals surface area contributed by atoms with Crippen molar-refractivity contribution < 1.29 is 43.2 Å². The minimum Gasteiger partial charge on any atom is -0.461 e. The summed E-state index contributed by atoms with van der Waals surface area (Å²) in [5, 5.41) is 21.6. The number of ketones is 3. The van der Waals surface area contributed by atoms with Crippen LogP contribution < -0.4 is 0 Å². The number of aryl methyl sites for hydroxylation is 2. The van der Waals surface area contributed by atoms with Crippen molar-refractivity contribution in [3.05, 3.63) is 89.1 Å². The van der Waals surface area contributed by atoms with Crippen molar-refractivity contribution in [1.82, 2.24) is 44.7 Å². The summed E-state index contributed by atoms with van der Waals surface area (Å²) in [5.41, 5.74) is 2.08. The molecular formula is C36H37ClN10O9. The summed E-state index contributed by atoms with van der Waals surface area (Å²) >= 11 is 5.02. The number of ether oxygens (including phenoxy) is 2. The highest BCUT2D eigenvalue weighted by molar-refractivity contribution is 6.81. The highest BCUT2D eigenvalue weighted by Gasteiger charge is 2.38. The summed E-state index contributed by atoms with van der Waals surface area (Å²) in [5.74, 6) is -0.122. The van der Waals surface area contributed by atoms with Crippen molar-refractivity contribution in [3.63, 3.8) is 0 Å². The lowest BCUT2D eigenvalue weighted by Gasteiger charge is -2.08. The number of hydrogen-bond donors (Lipinski definition) is 1. The number of halogens is 1. The van der Waals surface area contributed by atoms with Crippen LogP contribution in [-0.2, 0) is 19.1 Å². The molecule has 0 radical (unpaired) electrons. The highest BCUT2D eigenvalue weighted by Crippen LogP contribution is 2.43. The summed E-state index contributed by atoms with van der Waals surface area (Å²) in [7, 11) is 0. The van der Waals surface area contributed by atoms with E-state index in [0.29, 0.717) is 39.9 Å². The monoisotopic (exact) mass is 788 g/mol. The van der Waals surface area contributed by atoms with Crippen LogP contribution in [0.15, 0.2) is 59.3 Å². The Balaban J connectivity index is 0.000000182. The van der Waals surface area contributed by atoms with Crippen molar-refractivity contribution in [3.8, 4) is 11.6 Å². The number of nitrogens with zero attached hydrogens (tertiary/aromatic N) is 10. The number of aromatic nitrogens is 9. The van der Waals surface area contributed by atoms with Crippen LogP contribution in [0.25, 0.3) is 11.6 Å². The van der Waals surface area contributed by atoms with Gasteiger partial charge < -0.3 is 19.2 Å². The number of carbonyl (C=O) groups excluding carboxylic acids is 5. The topological polar surface area (TPSA) is 250 Å². The van der Waals surface area contributed by atoms with Gasteiger partial charge in [0.05, 0.1) is 31.0 Å². The number of rotatable bonds is 13. The van der Waals surface area contributed by atoms with E-state index >= 15 is 0 Å². The molecule has 0 aliphatic heterocycles. The van der Waals surface area contributed by atoms with Gasteiger partial charge in [0.15, 0.2) is 23.2 Å². The molecule has 56 heavy (non-hydrogen) atoms. The van der Waals surface area contributed by atoms with Crippen LogP contribution >= 0.6 is 11.6 Å². The predicted molar refractivity (Wildman–Crippen MR) is 194 cm³/mol. The molecule has 292 valence electrons. The summed E-state index contributed by atoms with van der Waals surface area (Å²) in [6.07, 6.45) is 9.53. The van der Waals surface area contributed by atoms with Gasteiger partial charge in [0.1, 0.15) is 36.7 Å². The Morgan fingerprint density at radius 3 is 1.89 bits per heavy atom. The Morgan fingerprint density at radius 1 is 0.857 bits per heavy atom. The molecule has 20 heteroatoms. The molecule has 7 rings (SSSR count). The lowest BCUT2D eigenvalue weighted by Crippen LogP contribution is -2.15. The van der Waals surface area contributed by atoms with Gasteiger partial charge in [0, 0.05) is 23.0 Å². The second-order valence-electron chi connectivity index (χ2n) is 12.3. The standard InChI is InChI=1S/C18H17N5O4.C14H14N4O2.C4H6ClNO3/c1-3-26-18(25)15-14(17(27-22-15)11-4-5-11)16(24)12-6-7-13(21-10(12)2)23-9-19-8-20-23;1-9-11(13(20)6-12(19)10-2-3-10)4-5-14(17-9)18-8-15-7-16-18;1-2-9-4(7)3(5)6-8/h6-9,11H,3-5H2,1-2H3;4-5,7-8,10H,2-3,6H2,1H3;8H,2H2,1H3/b;;6-3+. The predicted octanol–water partition coefficient (Wildman–Crippen LogP) is 4.34. The largest absolute Gasteiger partial charge is 0.461 e. The third-order valence-corrected chi connectivity index (χ3v) is 8.49. The van der Waals surface area contributed by atoms with E-state index in [1.807, 2.05) is 0 Å². The molecule has 2 saturated carbocycles. The summed E-state index contributed by atoms with van der Waals surface area (Å²) < 4.78 is 17.7. The third kappa shape index (κ3) is 10.2. The van der Waals surface area contributed by atoms with Crippen LogP contribution in [0.4, 0.5) is 0 Å². The van der Waals surface area contributed by atoms with E-state index in [4.69, 9.17) is 26.1 Å². The lowest BCUT2D eigenvalue weighted by molar-refractivity contribution is -0.134. The molecule has 0 spiro atoms. The SMILES string of the molecule is CCOC(=O)/C(Cl)=N\O.CCOC(=O)c1noc(C2CC2)c1C(=O)c1ccc(-n2cncn2)nc1C.Cc1nc(-n2cncn2)ccc1C(=O)CC(=O)C1CC1. The van der Waals surface area contributed by atoms with Crippen molar-refractivity contribution in [2.75, 3.05) is 13.2 Å². The molecular weight excluding hydrogens is 752 g/mol. The normalized spacial score (nSPS) is 13.4. The van der Waals surface area contributed by atoms with Gasteiger partial charge in [-0.1, -0.05) is 21.9 Å². The van der Waals surface area contributed by atoms with Gasteiger partial charge in [0.2, 0.25) is 11.5 Å². The third-order valence-electron chi connectivity index (χ3n) is 8.26.